The molecule has 0 bridgehead atoms. The average Bonchev–Trinajstić information content (AvgIpc) is 2.86. The van der Waals surface area contributed by atoms with Gasteiger partial charge in [0.05, 0.1) is 0 Å². The van der Waals surface area contributed by atoms with Crippen LogP contribution < -0.4 is 5.32 Å². The van der Waals surface area contributed by atoms with Gasteiger partial charge in [-0.1, -0.05) is 13.8 Å². The van der Waals surface area contributed by atoms with Crippen molar-refractivity contribution < 1.29 is 13.2 Å². The fraction of sp³-hybridized carbons (Fsp3) is 0.667. The van der Waals surface area contributed by atoms with Gasteiger partial charge in [-0.05, 0) is 37.8 Å². The molecule has 1 rings (SSSR count). The lowest BCUT2D eigenvalue weighted by molar-refractivity contribution is -0.118. The maximum atomic E-state index is 12.6. The van der Waals surface area contributed by atoms with Crippen molar-refractivity contribution in [2.75, 3.05) is 13.6 Å². The van der Waals surface area contributed by atoms with Gasteiger partial charge in [-0.15, -0.1) is 11.3 Å². The summed E-state index contributed by atoms with van der Waals surface area (Å²) in [4.78, 5) is 11.8. The SMILES string of the molecule is CC(=O)NCCc1ccc(S(=O)(=O)N(C)[C@H](C)CC(C)C)s1. The van der Waals surface area contributed by atoms with Crippen LogP contribution in [0.1, 0.15) is 39.0 Å². The molecule has 0 aliphatic carbocycles. The highest BCUT2D eigenvalue weighted by atomic mass is 32.2. The fourth-order valence-corrected chi connectivity index (χ4v) is 5.12. The largest absolute Gasteiger partial charge is 0.356 e. The summed E-state index contributed by atoms with van der Waals surface area (Å²) in [6.45, 7) is 8.09. The van der Waals surface area contributed by atoms with Crippen LogP contribution in [-0.2, 0) is 21.2 Å². The highest BCUT2D eigenvalue weighted by Crippen LogP contribution is 2.26. The zero-order valence-corrected chi connectivity index (χ0v) is 15.6. The molecule has 7 heteroatoms. The Morgan fingerprint density at radius 2 is 1.95 bits per heavy atom. The van der Waals surface area contributed by atoms with Crippen molar-refractivity contribution in [3.63, 3.8) is 0 Å². The third-order valence-corrected chi connectivity index (χ3v) is 7.03. The van der Waals surface area contributed by atoms with E-state index >= 15 is 0 Å². The summed E-state index contributed by atoms with van der Waals surface area (Å²) in [5.41, 5.74) is 0. The monoisotopic (exact) mass is 346 g/mol. The van der Waals surface area contributed by atoms with Gasteiger partial charge in [0, 0.05) is 31.4 Å². The molecule has 0 unspecified atom stereocenters. The number of carbonyl (C=O) groups is 1. The second kappa shape index (κ2) is 8.08. The number of thiophene rings is 1. The number of nitrogens with zero attached hydrogens (tertiary/aromatic N) is 1. The molecule has 1 N–H and O–H groups in total. The van der Waals surface area contributed by atoms with E-state index in [9.17, 15) is 13.2 Å². The third-order valence-electron chi connectivity index (χ3n) is 3.45. The molecule has 1 atom stereocenters. The van der Waals surface area contributed by atoms with Crippen LogP contribution in [0.15, 0.2) is 16.3 Å². The molecule has 0 spiro atoms. The molecule has 0 aliphatic heterocycles. The van der Waals surface area contributed by atoms with E-state index in [0.717, 1.165) is 11.3 Å². The number of nitrogens with one attached hydrogen (secondary N) is 1. The summed E-state index contributed by atoms with van der Waals surface area (Å²) in [5.74, 6) is 0.371. The molecule has 0 aliphatic rings. The van der Waals surface area contributed by atoms with Gasteiger partial charge >= 0.3 is 0 Å². The topological polar surface area (TPSA) is 66.5 Å². The quantitative estimate of drug-likeness (QED) is 0.786. The van der Waals surface area contributed by atoms with Crippen molar-refractivity contribution in [2.24, 2.45) is 5.92 Å². The first-order valence-corrected chi connectivity index (χ1v) is 9.71. The molecule has 0 aromatic carbocycles. The number of sulfonamides is 1. The van der Waals surface area contributed by atoms with E-state index in [1.54, 1.807) is 13.1 Å². The molecule has 0 radical (unpaired) electrons. The maximum absolute atomic E-state index is 12.6. The number of hydrogen-bond acceptors (Lipinski definition) is 4. The molecule has 126 valence electrons. The minimum absolute atomic E-state index is 0.0325. The maximum Gasteiger partial charge on any atom is 0.252 e. The van der Waals surface area contributed by atoms with Crippen LogP contribution in [0.2, 0.25) is 0 Å². The average molecular weight is 347 g/mol. The Morgan fingerprint density at radius 3 is 2.50 bits per heavy atom. The van der Waals surface area contributed by atoms with E-state index in [-0.39, 0.29) is 11.9 Å². The van der Waals surface area contributed by atoms with E-state index in [1.165, 1.54) is 22.6 Å². The van der Waals surface area contributed by atoms with Crippen molar-refractivity contribution in [2.45, 2.75) is 50.8 Å². The Morgan fingerprint density at radius 1 is 1.32 bits per heavy atom. The zero-order chi connectivity index (χ0) is 16.9. The van der Waals surface area contributed by atoms with Crippen molar-refractivity contribution >= 4 is 27.3 Å². The lowest BCUT2D eigenvalue weighted by atomic mass is 10.1. The van der Waals surface area contributed by atoms with Crippen molar-refractivity contribution in [3.8, 4) is 0 Å². The van der Waals surface area contributed by atoms with Gasteiger partial charge in [0.1, 0.15) is 4.21 Å². The van der Waals surface area contributed by atoms with Crippen LogP contribution in [0.5, 0.6) is 0 Å². The van der Waals surface area contributed by atoms with Gasteiger partial charge in [0.25, 0.3) is 10.0 Å². The van der Waals surface area contributed by atoms with Gasteiger partial charge in [-0.2, -0.15) is 4.31 Å². The molecule has 5 nitrogen and oxygen atoms in total. The normalized spacial score (nSPS) is 13.6. The van der Waals surface area contributed by atoms with Crippen LogP contribution in [0.3, 0.4) is 0 Å². The van der Waals surface area contributed by atoms with E-state index in [2.05, 4.69) is 19.2 Å². The first kappa shape index (κ1) is 19.1. The van der Waals surface area contributed by atoms with Gasteiger partial charge in [-0.25, -0.2) is 8.42 Å². The molecule has 1 aromatic rings. The van der Waals surface area contributed by atoms with Gasteiger partial charge in [0.2, 0.25) is 5.91 Å². The number of rotatable bonds is 8. The number of carbonyl (C=O) groups excluding carboxylic acids is 1. The zero-order valence-electron chi connectivity index (χ0n) is 13.9. The molecule has 22 heavy (non-hydrogen) atoms. The van der Waals surface area contributed by atoms with E-state index in [0.29, 0.717) is 23.1 Å². The molecule has 0 saturated carbocycles. The van der Waals surface area contributed by atoms with Crippen molar-refractivity contribution in [3.05, 3.63) is 17.0 Å². The minimum atomic E-state index is -3.44. The molecule has 1 aromatic heterocycles. The molecule has 0 fully saturated rings. The Labute approximate surface area is 137 Å². The Balaban J connectivity index is 2.77. The first-order valence-electron chi connectivity index (χ1n) is 7.45. The highest BCUT2D eigenvalue weighted by Gasteiger charge is 2.27. The van der Waals surface area contributed by atoms with Crippen LogP contribution in [-0.4, -0.2) is 38.3 Å². The Hall–Kier alpha value is -0.920. The van der Waals surface area contributed by atoms with Crippen LogP contribution in [0.25, 0.3) is 0 Å². The van der Waals surface area contributed by atoms with E-state index in [4.69, 9.17) is 0 Å². The summed E-state index contributed by atoms with van der Waals surface area (Å²) < 4.78 is 27.1. The van der Waals surface area contributed by atoms with Crippen LogP contribution >= 0.6 is 11.3 Å². The summed E-state index contributed by atoms with van der Waals surface area (Å²) in [5, 5.41) is 2.71. The summed E-state index contributed by atoms with van der Waals surface area (Å²) in [6.07, 6.45) is 1.47. The second-order valence-corrected chi connectivity index (χ2v) is 9.35. The molecule has 0 saturated heterocycles. The standard InChI is InChI=1S/C15H26N2O3S2/c1-11(2)10-12(3)17(5)22(19,20)15-7-6-14(21-15)8-9-16-13(4)18/h6-7,11-12H,8-10H2,1-5H3,(H,16,18)/t12-/m1/s1. The summed E-state index contributed by atoms with van der Waals surface area (Å²) in [7, 11) is -1.80. The highest BCUT2D eigenvalue weighted by molar-refractivity contribution is 7.91. The fourth-order valence-electron chi connectivity index (χ4n) is 2.20. The lowest BCUT2D eigenvalue weighted by Crippen LogP contribution is -2.35. The smallest absolute Gasteiger partial charge is 0.252 e. The first-order chi connectivity index (χ1) is 10.1. The van der Waals surface area contributed by atoms with Crippen molar-refractivity contribution in [1.29, 1.82) is 0 Å². The Kier molecular flexibility index (Phi) is 7.02. The predicted octanol–water partition coefficient (Wildman–Crippen LogP) is 2.48. The minimum Gasteiger partial charge on any atom is -0.356 e. The second-order valence-electron chi connectivity index (χ2n) is 5.95. The Bertz CT molecular complexity index is 594. The molecular formula is C15H26N2O3S2. The molecule has 1 amide bonds. The number of hydrogen-bond donors (Lipinski definition) is 1. The van der Waals surface area contributed by atoms with Gasteiger partial charge in [-0.3, -0.25) is 4.79 Å². The van der Waals surface area contributed by atoms with Gasteiger partial charge < -0.3 is 5.32 Å². The van der Waals surface area contributed by atoms with Gasteiger partial charge in [0.15, 0.2) is 0 Å². The van der Waals surface area contributed by atoms with Crippen LogP contribution in [0, 0.1) is 5.92 Å². The molecular weight excluding hydrogens is 320 g/mol. The molecule has 1 heterocycles. The lowest BCUT2D eigenvalue weighted by Gasteiger charge is -2.24. The summed E-state index contributed by atoms with van der Waals surface area (Å²) in [6, 6.07) is 3.44. The van der Waals surface area contributed by atoms with E-state index < -0.39 is 10.0 Å². The number of amides is 1. The van der Waals surface area contributed by atoms with E-state index in [1.807, 2.05) is 13.0 Å². The predicted molar refractivity (Wildman–Crippen MR) is 90.6 cm³/mol. The van der Waals surface area contributed by atoms with Crippen LogP contribution in [0.4, 0.5) is 0 Å². The van der Waals surface area contributed by atoms with Crippen molar-refractivity contribution in [1.82, 2.24) is 9.62 Å². The third kappa shape index (κ3) is 5.37. The summed E-state index contributed by atoms with van der Waals surface area (Å²) >= 11 is 1.28.